The maximum atomic E-state index is 6.54. The Kier molecular flexibility index (Phi) is 5.81. The van der Waals surface area contributed by atoms with Gasteiger partial charge in [-0.05, 0) is 52.9 Å². The third-order valence-corrected chi connectivity index (χ3v) is 9.13. The quantitative estimate of drug-likeness (QED) is 0.197. The number of hydrogen-bond donors (Lipinski definition) is 0. The molecule has 48 heavy (non-hydrogen) atoms. The van der Waals surface area contributed by atoms with Crippen molar-refractivity contribution in [2.24, 2.45) is 0 Å². The average Bonchev–Trinajstić information content (AvgIpc) is 3.73. The molecule has 0 fully saturated rings. The highest BCUT2D eigenvalue weighted by Gasteiger charge is 2.20. The Morgan fingerprint density at radius 3 is 1.73 bits per heavy atom. The van der Waals surface area contributed by atoms with Crippen LogP contribution >= 0.6 is 0 Å². The fourth-order valence-corrected chi connectivity index (χ4v) is 6.80. The normalized spacial score (nSPS) is 11.8. The lowest BCUT2D eigenvalue weighted by molar-refractivity contribution is 0.669. The minimum atomic E-state index is 0.578. The molecule has 0 atom stereocenters. The molecule has 3 heterocycles. The number of aromatic nitrogens is 3. The van der Waals surface area contributed by atoms with E-state index in [-0.39, 0.29) is 0 Å². The second-order valence-corrected chi connectivity index (χ2v) is 12.0. The summed E-state index contributed by atoms with van der Waals surface area (Å²) in [6.45, 7) is 0. The molecule has 0 aliphatic rings. The van der Waals surface area contributed by atoms with Gasteiger partial charge in [-0.2, -0.15) is 0 Å². The van der Waals surface area contributed by atoms with Gasteiger partial charge >= 0.3 is 0 Å². The summed E-state index contributed by atoms with van der Waals surface area (Å²) >= 11 is 0. The van der Waals surface area contributed by atoms with Gasteiger partial charge in [0.1, 0.15) is 22.3 Å². The highest BCUT2D eigenvalue weighted by molar-refractivity contribution is 6.19. The van der Waals surface area contributed by atoms with Crippen LogP contribution in [0.25, 0.3) is 99.9 Å². The van der Waals surface area contributed by atoms with Crippen molar-refractivity contribution in [3.63, 3.8) is 0 Å². The molecule has 0 aliphatic heterocycles. The number of benzene rings is 7. The van der Waals surface area contributed by atoms with Crippen molar-refractivity contribution in [1.82, 2.24) is 15.0 Å². The van der Waals surface area contributed by atoms with E-state index in [0.29, 0.717) is 17.5 Å². The summed E-state index contributed by atoms with van der Waals surface area (Å²) in [7, 11) is 0. The first kappa shape index (κ1) is 26.6. The van der Waals surface area contributed by atoms with E-state index in [1.165, 1.54) is 0 Å². The van der Waals surface area contributed by atoms with E-state index in [0.717, 1.165) is 82.5 Å². The molecule has 10 aromatic rings. The molecule has 0 unspecified atom stereocenters. The third-order valence-electron chi connectivity index (χ3n) is 9.13. The Balaban J connectivity index is 1.23. The first-order valence-electron chi connectivity index (χ1n) is 15.9. The van der Waals surface area contributed by atoms with Crippen molar-refractivity contribution in [3.05, 3.63) is 152 Å². The lowest BCUT2D eigenvalue weighted by atomic mass is 9.98. The Morgan fingerprint density at radius 1 is 0.312 bits per heavy atom. The molecule has 5 heteroatoms. The van der Waals surface area contributed by atoms with Gasteiger partial charge in [-0.15, -0.1) is 0 Å². The van der Waals surface area contributed by atoms with Gasteiger partial charge < -0.3 is 8.83 Å². The van der Waals surface area contributed by atoms with Crippen LogP contribution in [0.15, 0.2) is 160 Å². The van der Waals surface area contributed by atoms with Crippen molar-refractivity contribution >= 4 is 54.6 Å². The number of para-hydroxylation sites is 1. The number of furan rings is 2. The van der Waals surface area contributed by atoms with E-state index >= 15 is 0 Å². The molecule has 0 N–H and O–H groups in total. The van der Waals surface area contributed by atoms with Crippen LogP contribution in [0, 0.1) is 0 Å². The molecule has 10 rings (SSSR count). The van der Waals surface area contributed by atoms with Gasteiger partial charge in [0.2, 0.25) is 0 Å². The van der Waals surface area contributed by atoms with Gasteiger partial charge in [0.25, 0.3) is 0 Å². The summed E-state index contributed by atoms with van der Waals surface area (Å²) in [4.78, 5) is 15.3. The van der Waals surface area contributed by atoms with Crippen LogP contribution in [0.1, 0.15) is 0 Å². The van der Waals surface area contributed by atoms with Crippen LogP contribution < -0.4 is 0 Å². The largest absolute Gasteiger partial charge is 0.456 e. The molecule has 5 nitrogen and oxygen atoms in total. The molecule has 224 valence electrons. The van der Waals surface area contributed by atoms with Crippen LogP contribution in [0.4, 0.5) is 0 Å². The molecule has 0 radical (unpaired) electrons. The van der Waals surface area contributed by atoms with Gasteiger partial charge in [-0.3, -0.25) is 0 Å². The second kappa shape index (κ2) is 10.5. The van der Waals surface area contributed by atoms with Gasteiger partial charge in [0, 0.05) is 43.6 Å². The molecular formula is C43H25N3O2. The summed E-state index contributed by atoms with van der Waals surface area (Å²) in [6.07, 6.45) is 0. The standard InChI is InChI=1S/C43H25N3O2/c1-3-11-26(12-4-1)28-20-22-38-34(23-28)35-25-36(30-15-7-8-17-33(30)40(35)48-38)43-45-41(27-13-5-2-6-14-27)44-42(46-43)29-19-21-32-31-16-9-10-18-37(31)47-39(32)24-29/h1-25H. The number of rotatable bonds is 4. The molecule has 0 aliphatic carbocycles. The molecule has 7 aromatic carbocycles. The summed E-state index contributed by atoms with van der Waals surface area (Å²) < 4.78 is 12.8. The Labute approximate surface area is 274 Å². The minimum Gasteiger partial charge on any atom is -0.456 e. The summed E-state index contributed by atoms with van der Waals surface area (Å²) in [5.41, 5.74) is 8.32. The maximum Gasteiger partial charge on any atom is 0.164 e. The summed E-state index contributed by atoms with van der Waals surface area (Å²) in [5, 5.41) is 6.23. The lowest BCUT2D eigenvalue weighted by Gasteiger charge is -2.11. The fraction of sp³-hybridized carbons (Fsp3) is 0. The van der Waals surface area contributed by atoms with E-state index in [1.54, 1.807) is 0 Å². The predicted molar refractivity (Wildman–Crippen MR) is 194 cm³/mol. The topological polar surface area (TPSA) is 65.0 Å². The fourth-order valence-electron chi connectivity index (χ4n) is 6.80. The molecule has 0 spiro atoms. The number of nitrogens with zero attached hydrogens (tertiary/aromatic N) is 3. The molecule has 0 bridgehead atoms. The Bertz CT molecular complexity index is 2840. The van der Waals surface area contributed by atoms with Crippen molar-refractivity contribution in [3.8, 4) is 45.3 Å². The van der Waals surface area contributed by atoms with Crippen LogP contribution in [0.2, 0.25) is 0 Å². The third kappa shape index (κ3) is 4.22. The predicted octanol–water partition coefficient (Wildman–Crippen LogP) is 11.5. The van der Waals surface area contributed by atoms with Crippen LogP contribution in [0.5, 0.6) is 0 Å². The van der Waals surface area contributed by atoms with Crippen molar-refractivity contribution in [1.29, 1.82) is 0 Å². The molecule has 3 aromatic heterocycles. The van der Waals surface area contributed by atoms with Gasteiger partial charge in [-0.1, -0.05) is 115 Å². The van der Waals surface area contributed by atoms with Gasteiger partial charge in [-0.25, -0.2) is 15.0 Å². The van der Waals surface area contributed by atoms with Crippen LogP contribution in [0.3, 0.4) is 0 Å². The SMILES string of the molecule is c1ccc(-c2ccc3oc4c5ccccc5c(-c5nc(-c6ccccc6)nc(-c6ccc7c(c6)oc6ccccc67)n5)cc4c3c2)cc1. The number of fused-ring (bicyclic) bond motifs is 8. The Hall–Kier alpha value is -6.59. The summed E-state index contributed by atoms with van der Waals surface area (Å²) in [6, 6.07) is 51.6. The average molecular weight is 616 g/mol. The first-order chi connectivity index (χ1) is 23.8. The zero-order chi connectivity index (χ0) is 31.6. The Morgan fingerprint density at radius 2 is 0.917 bits per heavy atom. The highest BCUT2D eigenvalue weighted by atomic mass is 16.3. The molecule has 0 amide bonds. The van der Waals surface area contributed by atoms with E-state index < -0.39 is 0 Å². The van der Waals surface area contributed by atoms with E-state index in [2.05, 4.69) is 78.9 Å². The zero-order valence-corrected chi connectivity index (χ0v) is 25.6. The van der Waals surface area contributed by atoms with Crippen molar-refractivity contribution in [2.45, 2.75) is 0 Å². The number of hydrogen-bond acceptors (Lipinski definition) is 5. The van der Waals surface area contributed by atoms with Gasteiger partial charge in [0.05, 0.1) is 0 Å². The van der Waals surface area contributed by atoms with Crippen molar-refractivity contribution in [2.75, 3.05) is 0 Å². The second-order valence-electron chi connectivity index (χ2n) is 12.0. The zero-order valence-electron chi connectivity index (χ0n) is 25.6. The monoisotopic (exact) mass is 615 g/mol. The highest BCUT2D eigenvalue weighted by Crippen LogP contribution is 2.41. The van der Waals surface area contributed by atoms with Crippen LogP contribution in [-0.4, -0.2) is 15.0 Å². The maximum absolute atomic E-state index is 6.54. The smallest absolute Gasteiger partial charge is 0.164 e. The van der Waals surface area contributed by atoms with E-state index in [1.807, 2.05) is 72.8 Å². The molecule has 0 saturated heterocycles. The molecule has 0 saturated carbocycles. The first-order valence-corrected chi connectivity index (χ1v) is 15.9. The summed E-state index contributed by atoms with van der Waals surface area (Å²) in [5.74, 6) is 1.77. The van der Waals surface area contributed by atoms with E-state index in [4.69, 9.17) is 23.8 Å². The minimum absolute atomic E-state index is 0.578. The van der Waals surface area contributed by atoms with Gasteiger partial charge in [0.15, 0.2) is 17.5 Å². The lowest BCUT2D eigenvalue weighted by Crippen LogP contribution is -2.00. The molecular weight excluding hydrogens is 590 g/mol. The van der Waals surface area contributed by atoms with E-state index in [9.17, 15) is 0 Å². The van der Waals surface area contributed by atoms with Crippen molar-refractivity contribution < 1.29 is 8.83 Å². The van der Waals surface area contributed by atoms with Crippen LogP contribution in [-0.2, 0) is 0 Å².